The Labute approximate surface area is 175 Å². The van der Waals surface area contributed by atoms with E-state index in [1.54, 1.807) is 35.6 Å². The van der Waals surface area contributed by atoms with E-state index < -0.39 is 0 Å². The van der Waals surface area contributed by atoms with Crippen molar-refractivity contribution in [2.45, 2.75) is 31.7 Å². The second kappa shape index (κ2) is 10.6. The molecule has 1 atom stereocenters. The second-order valence-electron chi connectivity index (χ2n) is 6.94. The minimum absolute atomic E-state index is 0.0292. The minimum Gasteiger partial charge on any atom is -0.354 e. The molecular formula is C21H26ClN3O2S. The number of hydrogen-bond donors (Lipinski definition) is 2. The van der Waals surface area contributed by atoms with Crippen LogP contribution in [0.3, 0.4) is 0 Å². The Morgan fingerprint density at radius 3 is 2.54 bits per heavy atom. The first kappa shape index (κ1) is 20.8. The Balaban J connectivity index is 1.37. The van der Waals surface area contributed by atoms with Crippen molar-refractivity contribution in [1.29, 1.82) is 0 Å². The monoisotopic (exact) mass is 419 g/mol. The summed E-state index contributed by atoms with van der Waals surface area (Å²) in [5.41, 5.74) is 0.568. The van der Waals surface area contributed by atoms with Gasteiger partial charge in [-0.3, -0.25) is 14.5 Å². The van der Waals surface area contributed by atoms with Crippen molar-refractivity contribution in [2.75, 3.05) is 26.2 Å². The molecule has 0 aliphatic carbocycles. The lowest BCUT2D eigenvalue weighted by Gasteiger charge is -2.26. The molecule has 0 saturated carbocycles. The van der Waals surface area contributed by atoms with E-state index in [2.05, 4.69) is 33.0 Å². The van der Waals surface area contributed by atoms with Gasteiger partial charge in [-0.1, -0.05) is 17.7 Å². The maximum absolute atomic E-state index is 12.2. The number of carbonyl (C=O) groups is 2. The van der Waals surface area contributed by atoms with Crippen molar-refractivity contribution in [3.05, 3.63) is 57.2 Å². The SMILES string of the molecule is O=C(CCCNC(=O)c1ccc(Cl)cc1)NCC(c1cccs1)N1CCCC1. The number of thiophene rings is 1. The summed E-state index contributed by atoms with van der Waals surface area (Å²) in [6.45, 7) is 3.29. The number of rotatable bonds is 9. The van der Waals surface area contributed by atoms with Crippen molar-refractivity contribution in [3.8, 4) is 0 Å². The van der Waals surface area contributed by atoms with E-state index in [1.165, 1.54) is 17.7 Å². The van der Waals surface area contributed by atoms with E-state index in [0.29, 0.717) is 36.5 Å². The van der Waals surface area contributed by atoms with Crippen LogP contribution in [-0.4, -0.2) is 42.9 Å². The van der Waals surface area contributed by atoms with Gasteiger partial charge in [0, 0.05) is 35.0 Å². The number of nitrogens with one attached hydrogen (secondary N) is 2. The fourth-order valence-electron chi connectivity index (χ4n) is 3.40. The Hall–Kier alpha value is -1.89. The van der Waals surface area contributed by atoms with E-state index >= 15 is 0 Å². The van der Waals surface area contributed by atoms with Gasteiger partial charge in [0.25, 0.3) is 5.91 Å². The lowest BCUT2D eigenvalue weighted by atomic mass is 10.2. The fourth-order valence-corrected chi connectivity index (χ4v) is 4.38. The third-order valence-corrected chi connectivity index (χ3v) is 6.14. The molecule has 1 fully saturated rings. The normalized spacial score (nSPS) is 15.3. The van der Waals surface area contributed by atoms with Gasteiger partial charge in [-0.2, -0.15) is 0 Å². The largest absolute Gasteiger partial charge is 0.354 e. The highest BCUT2D eigenvalue weighted by molar-refractivity contribution is 7.10. The summed E-state index contributed by atoms with van der Waals surface area (Å²) >= 11 is 7.57. The van der Waals surface area contributed by atoms with Crippen LogP contribution in [0.5, 0.6) is 0 Å². The van der Waals surface area contributed by atoms with Crippen LogP contribution < -0.4 is 10.6 Å². The molecule has 0 bridgehead atoms. The van der Waals surface area contributed by atoms with E-state index in [-0.39, 0.29) is 17.9 Å². The van der Waals surface area contributed by atoms with Crippen molar-refractivity contribution in [2.24, 2.45) is 0 Å². The first-order chi connectivity index (χ1) is 13.6. The molecule has 1 saturated heterocycles. The smallest absolute Gasteiger partial charge is 0.251 e. The maximum Gasteiger partial charge on any atom is 0.251 e. The van der Waals surface area contributed by atoms with Crippen LogP contribution in [0.1, 0.15) is 47.0 Å². The Morgan fingerprint density at radius 1 is 1.11 bits per heavy atom. The summed E-state index contributed by atoms with van der Waals surface area (Å²) in [4.78, 5) is 28.0. The van der Waals surface area contributed by atoms with Crippen LogP contribution in [0.2, 0.25) is 5.02 Å². The highest BCUT2D eigenvalue weighted by atomic mass is 35.5. The summed E-state index contributed by atoms with van der Waals surface area (Å²) < 4.78 is 0. The van der Waals surface area contributed by atoms with E-state index in [9.17, 15) is 9.59 Å². The minimum atomic E-state index is -0.149. The summed E-state index contributed by atoms with van der Waals surface area (Å²) in [5, 5.41) is 8.60. The zero-order valence-electron chi connectivity index (χ0n) is 15.8. The Morgan fingerprint density at radius 2 is 1.86 bits per heavy atom. The van der Waals surface area contributed by atoms with Crippen LogP contribution in [-0.2, 0) is 4.79 Å². The highest BCUT2D eigenvalue weighted by Crippen LogP contribution is 2.27. The first-order valence-electron chi connectivity index (χ1n) is 9.71. The van der Waals surface area contributed by atoms with Crippen LogP contribution in [0.15, 0.2) is 41.8 Å². The number of likely N-dealkylation sites (tertiary alicyclic amines) is 1. The van der Waals surface area contributed by atoms with E-state index in [0.717, 1.165) is 13.1 Å². The molecule has 0 radical (unpaired) electrons. The third-order valence-electron chi connectivity index (χ3n) is 4.92. The number of amides is 2. The highest BCUT2D eigenvalue weighted by Gasteiger charge is 2.24. The van der Waals surface area contributed by atoms with Gasteiger partial charge < -0.3 is 10.6 Å². The molecule has 2 amide bonds. The number of halogens is 1. The Kier molecular flexibility index (Phi) is 7.89. The van der Waals surface area contributed by atoms with Crippen LogP contribution in [0, 0.1) is 0 Å². The zero-order chi connectivity index (χ0) is 19.8. The van der Waals surface area contributed by atoms with Gasteiger partial charge in [0.1, 0.15) is 0 Å². The van der Waals surface area contributed by atoms with E-state index in [1.807, 2.05) is 0 Å². The third kappa shape index (κ3) is 6.06. The van der Waals surface area contributed by atoms with E-state index in [4.69, 9.17) is 11.6 Å². The Bertz CT molecular complexity index is 758. The average molecular weight is 420 g/mol. The quantitative estimate of drug-likeness (QED) is 0.606. The zero-order valence-corrected chi connectivity index (χ0v) is 17.4. The number of hydrogen-bond acceptors (Lipinski definition) is 4. The predicted molar refractivity (Wildman–Crippen MR) is 114 cm³/mol. The molecule has 2 aromatic rings. The van der Waals surface area contributed by atoms with Crippen LogP contribution in [0.25, 0.3) is 0 Å². The lowest BCUT2D eigenvalue weighted by Crippen LogP contribution is -2.36. The summed E-state index contributed by atoms with van der Waals surface area (Å²) in [7, 11) is 0. The maximum atomic E-state index is 12.2. The molecule has 5 nitrogen and oxygen atoms in total. The average Bonchev–Trinajstić information content (AvgIpc) is 3.40. The topological polar surface area (TPSA) is 61.4 Å². The molecular weight excluding hydrogens is 394 g/mol. The van der Waals surface area contributed by atoms with Gasteiger partial charge in [-0.15, -0.1) is 11.3 Å². The molecule has 0 spiro atoms. The van der Waals surface area contributed by atoms with Gasteiger partial charge >= 0.3 is 0 Å². The number of benzene rings is 1. The standard InChI is InChI=1S/C21H26ClN3O2S/c22-17-9-7-16(8-10-17)21(27)23-11-3-6-20(26)24-15-18(19-5-4-14-28-19)25-12-1-2-13-25/h4-5,7-10,14,18H,1-3,6,11-13,15H2,(H,23,27)(H,24,26). The molecule has 1 aliphatic rings. The number of nitrogens with zero attached hydrogens (tertiary/aromatic N) is 1. The summed E-state index contributed by atoms with van der Waals surface area (Å²) in [6.07, 6.45) is 3.46. The predicted octanol–water partition coefficient (Wildman–Crippen LogP) is 3.86. The van der Waals surface area contributed by atoms with Crippen molar-refractivity contribution in [1.82, 2.24) is 15.5 Å². The molecule has 7 heteroatoms. The van der Waals surface area contributed by atoms with Crippen LogP contribution in [0.4, 0.5) is 0 Å². The summed E-state index contributed by atoms with van der Waals surface area (Å²) in [6, 6.07) is 11.2. The van der Waals surface area contributed by atoms with Gasteiger partial charge in [0.2, 0.25) is 5.91 Å². The molecule has 2 N–H and O–H groups in total. The van der Waals surface area contributed by atoms with Gasteiger partial charge in [-0.05, 0) is 68.1 Å². The van der Waals surface area contributed by atoms with Crippen molar-refractivity contribution >= 4 is 34.8 Å². The van der Waals surface area contributed by atoms with Crippen LogP contribution >= 0.6 is 22.9 Å². The molecule has 3 rings (SSSR count). The molecule has 1 unspecified atom stereocenters. The molecule has 28 heavy (non-hydrogen) atoms. The van der Waals surface area contributed by atoms with Gasteiger partial charge in [0.15, 0.2) is 0 Å². The van der Waals surface area contributed by atoms with Gasteiger partial charge in [0.05, 0.1) is 6.04 Å². The molecule has 150 valence electrons. The first-order valence-corrected chi connectivity index (χ1v) is 11.0. The van der Waals surface area contributed by atoms with Crippen molar-refractivity contribution < 1.29 is 9.59 Å². The molecule has 1 aliphatic heterocycles. The molecule has 1 aromatic heterocycles. The van der Waals surface area contributed by atoms with Gasteiger partial charge in [-0.25, -0.2) is 0 Å². The lowest BCUT2D eigenvalue weighted by molar-refractivity contribution is -0.121. The second-order valence-corrected chi connectivity index (χ2v) is 8.36. The number of carbonyl (C=O) groups excluding carboxylic acids is 2. The summed E-state index contributed by atoms with van der Waals surface area (Å²) in [5.74, 6) is -0.120. The fraction of sp³-hybridized carbons (Fsp3) is 0.429. The van der Waals surface area contributed by atoms with Crippen molar-refractivity contribution in [3.63, 3.8) is 0 Å². The molecule has 1 aromatic carbocycles. The molecule has 2 heterocycles.